The Balaban J connectivity index is 1.50. The molecule has 0 unspecified atom stereocenters. The van der Waals surface area contributed by atoms with Gasteiger partial charge in [0.25, 0.3) is 5.91 Å². The Bertz CT molecular complexity index is 618. The number of aromatic amines is 1. The number of H-pyrrole nitrogens is 1. The average Bonchev–Trinajstić information content (AvgIpc) is 3.21. The van der Waals surface area contributed by atoms with Crippen LogP contribution in [-0.4, -0.2) is 59.0 Å². The van der Waals surface area contributed by atoms with Crippen LogP contribution in [0.2, 0.25) is 5.02 Å². The Morgan fingerprint density at radius 2 is 2.29 bits per heavy atom. The van der Waals surface area contributed by atoms with E-state index in [0.717, 1.165) is 38.2 Å². The maximum absolute atomic E-state index is 12.9. The molecule has 1 saturated heterocycles. The minimum absolute atomic E-state index is 0.0346. The summed E-state index contributed by atoms with van der Waals surface area (Å²) in [6.07, 6.45) is 7.90. The maximum atomic E-state index is 12.9. The standard InChI is InChI=1S/C17H24ClN3O3/c1-23-17-5-4-12(24-10-11-2-3-11)8-14(17)21(7-6-17)16(22)15-13(18)9-19-20-15/h9,11-12,14H,2-8,10H2,1H3,(H,19,20)/t12-,14+,17-/m1/s1. The molecule has 2 saturated carbocycles. The summed E-state index contributed by atoms with van der Waals surface area (Å²) in [5.41, 5.74) is 0.117. The second kappa shape index (κ2) is 6.32. The molecule has 7 heteroatoms. The summed E-state index contributed by atoms with van der Waals surface area (Å²) in [5.74, 6) is 0.661. The van der Waals surface area contributed by atoms with E-state index >= 15 is 0 Å². The Morgan fingerprint density at radius 3 is 2.96 bits per heavy atom. The highest BCUT2D eigenvalue weighted by molar-refractivity contribution is 6.33. The lowest BCUT2D eigenvalue weighted by Gasteiger charge is -2.43. The van der Waals surface area contributed by atoms with Gasteiger partial charge >= 0.3 is 0 Å². The molecular formula is C17H24ClN3O3. The molecule has 4 rings (SSSR count). The monoisotopic (exact) mass is 353 g/mol. The number of carbonyl (C=O) groups excluding carboxylic acids is 1. The number of likely N-dealkylation sites (tertiary alicyclic amines) is 1. The zero-order valence-corrected chi connectivity index (χ0v) is 14.7. The lowest BCUT2D eigenvalue weighted by atomic mass is 9.79. The van der Waals surface area contributed by atoms with Crippen LogP contribution in [0.5, 0.6) is 0 Å². The van der Waals surface area contributed by atoms with E-state index in [1.807, 2.05) is 4.90 Å². The predicted octanol–water partition coefficient (Wildman–Crippen LogP) is 2.64. The summed E-state index contributed by atoms with van der Waals surface area (Å²) in [5, 5.41) is 6.96. The van der Waals surface area contributed by atoms with Crippen LogP contribution in [0.4, 0.5) is 0 Å². The molecule has 3 atom stereocenters. The topological polar surface area (TPSA) is 67.5 Å². The molecular weight excluding hydrogens is 330 g/mol. The van der Waals surface area contributed by atoms with Gasteiger partial charge in [0.15, 0.2) is 0 Å². The number of aromatic nitrogens is 2. The largest absolute Gasteiger partial charge is 0.378 e. The van der Waals surface area contributed by atoms with Crippen molar-refractivity contribution in [2.24, 2.45) is 5.92 Å². The highest BCUT2D eigenvalue weighted by atomic mass is 35.5. The number of ether oxygens (including phenoxy) is 2. The van der Waals surface area contributed by atoms with E-state index in [1.54, 1.807) is 7.11 Å². The first-order chi connectivity index (χ1) is 11.6. The Kier molecular flexibility index (Phi) is 4.31. The molecule has 1 aromatic heterocycles. The molecule has 1 aliphatic heterocycles. The lowest BCUT2D eigenvalue weighted by molar-refractivity contribution is -0.0977. The second-order valence-electron chi connectivity index (χ2n) is 7.30. The summed E-state index contributed by atoms with van der Waals surface area (Å²) in [6.45, 7) is 1.54. The number of hydrogen-bond donors (Lipinski definition) is 1. The fourth-order valence-electron chi connectivity index (χ4n) is 4.18. The van der Waals surface area contributed by atoms with Crippen LogP contribution in [0.1, 0.15) is 49.0 Å². The zero-order valence-electron chi connectivity index (χ0n) is 14.0. The van der Waals surface area contributed by atoms with Crippen LogP contribution < -0.4 is 0 Å². The van der Waals surface area contributed by atoms with Crippen LogP contribution in [0, 0.1) is 5.92 Å². The van der Waals surface area contributed by atoms with Crippen molar-refractivity contribution >= 4 is 17.5 Å². The van der Waals surface area contributed by atoms with Crippen molar-refractivity contribution in [3.63, 3.8) is 0 Å². The van der Waals surface area contributed by atoms with Gasteiger partial charge in [-0.05, 0) is 44.4 Å². The van der Waals surface area contributed by atoms with Gasteiger partial charge in [-0.15, -0.1) is 0 Å². The van der Waals surface area contributed by atoms with Gasteiger partial charge in [0.05, 0.1) is 29.0 Å². The molecule has 1 amide bonds. The minimum atomic E-state index is -0.248. The average molecular weight is 354 g/mol. The van der Waals surface area contributed by atoms with E-state index in [0.29, 0.717) is 17.3 Å². The number of rotatable bonds is 5. The molecule has 0 spiro atoms. The van der Waals surface area contributed by atoms with Crippen molar-refractivity contribution in [1.29, 1.82) is 0 Å². The van der Waals surface area contributed by atoms with Crippen LogP contribution in [0.3, 0.4) is 0 Å². The van der Waals surface area contributed by atoms with Crippen LogP contribution >= 0.6 is 11.6 Å². The van der Waals surface area contributed by atoms with Crippen molar-refractivity contribution in [2.75, 3.05) is 20.3 Å². The number of amides is 1. The van der Waals surface area contributed by atoms with Gasteiger partial charge in [-0.25, -0.2) is 0 Å². The van der Waals surface area contributed by atoms with Crippen LogP contribution in [0.15, 0.2) is 6.20 Å². The number of halogens is 1. The second-order valence-corrected chi connectivity index (χ2v) is 7.71. The van der Waals surface area contributed by atoms with Gasteiger partial charge in [0.2, 0.25) is 0 Å². The van der Waals surface area contributed by atoms with Gasteiger partial charge in [0, 0.05) is 20.3 Å². The smallest absolute Gasteiger partial charge is 0.273 e. The molecule has 0 bridgehead atoms. The number of methoxy groups -OCH3 is 1. The van der Waals surface area contributed by atoms with Gasteiger partial charge < -0.3 is 14.4 Å². The quantitative estimate of drug-likeness (QED) is 0.883. The first kappa shape index (κ1) is 16.4. The predicted molar refractivity (Wildman–Crippen MR) is 89.1 cm³/mol. The number of nitrogens with one attached hydrogen (secondary N) is 1. The highest BCUT2D eigenvalue weighted by Gasteiger charge is 2.53. The molecule has 6 nitrogen and oxygen atoms in total. The number of hydrogen-bond acceptors (Lipinski definition) is 4. The fraction of sp³-hybridized carbons (Fsp3) is 0.765. The Morgan fingerprint density at radius 1 is 1.46 bits per heavy atom. The Hall–Kier alpha value is -1.11. The maximum Gasteiger partial charge on any atom is 0.273 e. The minimum Gasteiger partial charge on any atom is -0.378 e. The fourth-order valence-corrected chi connectivity index (χ4v) is 4.35. The molecule has 1 aromatic rings. The van der Waals surface area contributed by atoms with E-state index in [1.165, 1.54) is 19.0 Å². The first-order valence-corrected chi connectivity index (χ1v) is 9.17. The summed E-state index contributed by atoms with van der Waals surface area (Å²) in [4.78, 5) is 14.8. The SMILES string of the molecule is CO[C@@]12CC[C@@H](OCC3CC3)C[C@@H]1N(C(=O)c1[nH]ncc1Cl)CC2. The van der Waals surface area contributed by atoms with Crippen molar-refractivity contribution in [2.45, 2.75) is 56.3 Å². The third kappa shape index (κ3) is 2.85. The van der Waals surface area contributed by atoms with E-state index < -0.39 is 0 Å². The molecule has 132 valence electrons. The summed E-state index contributed by atoms with van der Waals surface area (Å²) >= 11 is 6.08. The van der Waals surface area contributed by atoms with Crippen molar-refractivity contribution in [1.82, 2.24) is 15.1 Å². The van der Waals surface area contributed by atoms with Crippen LogP contribution in [0.25, 0.3) is 0 Å². The van der Waals surface area contributed by atoms with Crippen LogP contribution in [-0.2, 0) is 9.47 Å². The highest BCUT2D eigenvalue weighted by Crippen LogP contribution is 2.44. The number of fused-ring (bicyclic) bond motifs is 1. The summed E-state index contributed by atoms with van der Waals surface area (Å²) < 4.78 is 12.0. The third-order valence-corrected chi connectivity index (χ3v) is 6.16. The Labute approximate surface area is 146 Å². The van der Waals surface area contributed by atoms with Gasteiger partial charge in [-0.3, -0.25) is 9.89 Å². The van der Waals surface area contributed by atoms with E-state index in [2.05, 4.69) is 10.2 Å². The third-order valence-electron chi connectivity index (χ3n) is 5.87. The molecule has 1 N–H and O–H groups in total. The summed E-state index contributed by atoms with van der Waals surface area (Å²) in [7, 11) is 1.76. The molecule has 0 radical (unpaired) electrons. The molecule has 2 aliphatic carbocycles. The van der Waals surface area contributed by atoms with Crippen molar-refractivity contribution < 1.29 is 14.3 Å². The van der Waals surface area contributed by atoms with Crippen molar-refractivity contribution in [3.8, 4) is 0 Å². The number of nitrogens with zero attached hydrogens (tertiary/aromatic N) is 2. The van der Waals surface area contributed by atoms with E-state index in [-0.39, 0.29) is 23.7 Å². The first-order valence-electron chi connectivity index (χ1n) is 8.79. The molecule has 2 heterocycles. The zero-order chi connectivity index (χ0) is 16.7. The lowest BCUT2D eigenvalue weighted by Crippen LogP contribution is -2.53. The summed E-state index contributed by atoms with van der Waals surface area (Å²) in [6, 6.07) is 0.0346. The van der Waals surface area contributed by atoms with Gasteiger partial charge in [-0.2, -0.15) is 5.10 Å². The molecule has 3 aliphatic rings. The van der Waals surface area contributed by atoms with Crippen molar-refractivity contribution in [3.05, 3.63) is 16.9 Å². The number of carbonyl (C=O) groups is 1. The van der Waals surface area contributed by atoms with E-state index in [9.17, 15) is 4.79 Å². The molecule has 3 fully saturated rings. The van der Waals surface area contributed by atoms with Gasteiger partial charge in [-0.1, -0.05) is 11.6 Å². The molecule has 0 aromatic carbocycles. The van der Waals surface area contributed by atoms with E-state index in [4.69, 9.17) is 21.1 Å². The van der Waals surface area contributed by atoms with Gasteiger partial charge in [0.1, 0.15) is 5.69 Å². The molecule has 24 heavy (non-hydrogen) atoms. The normalized spacial score (nSPS) is 32.8.